The molecule has 1 fully saturated rings. The number of aromatic hydroxyl groups is 1. The van der Waals surface area contributed by atoms with Gasteiger partial charge in [0.15, 0.2) is 11.5 Å². The first-order valence-electron chi connectivity index (χ1n) is 12.3. The number of Topliss-reactive ketones (excluding diaryl/α,β-unsaturated/α-hetero) is 1. The molecule has 194 valence electrons. The third-order valence-electron chi connectivity index (χ3n) is 5.85. The van der Waals surface area contributed by atoms with Crippen LogP contribution in [0.15, 0.2) is 48.0 Å². The summed E-state index contributed by atoms with van der Waals surface area (Å²) in [4.78, 5) is 29.8. The van der Waals surface area contributed by atoms with Crippen molar-refractivity contribution < 1.29 is 29.3 Å². The number of carbonyl (C=O) groups is 2. The molecule has 1 aliphatic rings. The molecule has 2 aromatic carbocycles. The van der Waals surface area contributed by atoms with Gasteiger partial charge in [0.1, 0.15) is 11.5 Å². The minimum Gasteiger partial charge on any atom is -0.507 e. The van der Waals surface area contributed by atoms with Crippen LogP contribution < -0.4 is 9.47 Å². The Morgan fingerprint density at radius 2 is 1.78 bits per heavy atom. The molecule has 0 aliphatic carbocycles. The van der Waals surface area contributed by atoms with E-state index in [-0.39, 0.29) is 22.8 Å². The highest BCUT2D eigenvalue weighted by Crippen LogP contribution is 2.42. The van der Waals surface area contributed by atoms with Crippen molar-refractivity contribution in [1.82, 2.24) is 9.80 Å². The van der Waals surface area contributed by atoms with Crippen LogP contribution in [0.1, 0.15) is 44.4 Å². The number of nitrogens with zero attached hydrogens (tertiary/aromatic N) is 2. The van der Waals surface area contributed by atoms with Gasteiger partial charge in [0.2, 0.25) is 0 Å². The van der Waals surface area contributed by atoms with E-state index in [9.17, 15) is 19.8 Å². The maximum atomic E-state index is 13.2. The molecule has 2 N–H and O–H groups in total. The molecule has 3 rings (SSSR count). The number of rotatable bonds is 11. The number of ketones is 1. The maximum absolute atomic E-state index is 13.2. The van der Waals surface area contributed by atoms with Gasteiger partial charge in [0, 0.05) is 12.1 Å². The minimum absolute atomic E-state index is 0.00819. The average Bonchev–Trinajstić information content (AvgIpc) is 3.09. The van der Waals surface area contributed by atoms with Crippen LogP contribution in [0, 0.1) is 5.92 Å². The van der Waals surface area contributed by atoms with Gasteiger partial charge in [-0.25, -0.2) is 0 Å². The summed E-state index contributed by atoms with van der Waals surface area (Å²) in [7, 11) is 3.88. The summed E-state index contributed by atoms with van der Waals surface area (Å²) in [5.41, 5.74) is 0.986. The van der Waals surface area contributed by atoms with Crippen LogP contribution in [0.2, 0.25) is 0 Å². The molecule has 8 nitrogen and oxygen atoms in total. The maximum Gasteiger partial charge on any atom is 0.295 e. The standard InChI is InChI=1S/C28H36N2O6/c1-6-35-23-16-20(10-13-22(23)31)25-24(27(33)28(34)30(25)15-7-14-29(4)5)26(32)19-8-11-21(12-9-19)36-17-18(2)3/h8-13,16,18,25,31-32H,6-7,14-15,17H2,1-5H3/b26-24+. The van der Waals surface area contributed by atoms with E-state index in [2.05, 4.69) is 13.8 Å². The van der Waals surface area contributed by atoms with Gasteiger partial charge in [-0.1, -0.05) is 19.9 Å². The molecule has 0 radical (unpaired) electrons. The quantitative estimate of drug-likeness (QED) is 0.273. The Morgan fingerprint density at radius 1 is 1.08 bits per heavy atom. The highest BCUT2D eigenvalue weighted by molar-refractivity contribution is 6.46. The van der Waals surface area contributed by atoms with E-state index in [4.69, 9.17) is 9.47 Å². The molecule has 1 amide bonds. The first-order chi connectivity index (χ1) is 17.1. The van der Waals surface area contributed by atoms with Crippen LogP contribution >= 0.6 is 0 Å². The zero-order valence-electron chi connectivity index (χ0n) is 21.7. The lowest BCUT2D eigenvalue weighted by molar-refractivity contribution is -0.139. The zero-order chi connectivity index (χ0) is 26.4. The molecule has 0 aromatic heterocycles. The summed E-state index contributed by atoms with van der Waals surface area (Å²) >= 11 is 0. The van der Waals surface area contributed by atoms with Gasteiger partial charge in [-0.05, 0) is 81.9 Å². The second kappa shape index (κ2) is 11.9. The monoisotopic (exact) mass is 496 g/mol. The molecule has 1 unspecified atom stereocenters. The van der Waals surface area contributed by atoms with Gasteiger partial charge >= 0.3 is 0 Å². The smallest absolute Gasteiger partial charge is 0.295 e. The third-order valence-corrected chi connectivity index (χ3v) is 5.85. The molecule has 8 heteroatoms. The summed E-state index contributed by atoms with van der Waals surface area (Å²) < 4.78 is 11.2. The van der Waals surface area contributed by atoms with Crippen LogP contribution in [0.5, 0.6) is 17.2 Å². The van der Waals surface area contributed by atoms with E-state index in [1.54, 1.807) is 43.3 Å². The van der Waals surface area contributed by atoms with Crippen molar-refractivity contribution in [1.29, 1.82) is 0 Å². The van der Waals surface area contributed by atoms with Crippen LogP contribution in [-0.2, 0) is 9.59 Å². The number of hydrogen-bond donors (Lipinski definition) is 2. The van der Waals surface area contributed by atoms with Gasteiger partial charge in [-0.15, -0.1) is 0 Å². The Balaban J connectivity index is 2.05. The van der Waals surface area contributed by atoms with Crippen LogP contribution in [0.3, 0.4) is 0 Å². The summed E-state index contributed by atoms with van der Waals surface area (Å²) in [6, 6.07) is 10.7. The highest BCUT2D eigenvalue weighted by atomic mass is 16.5. The molecular formula is C28H36N2O6. The van der Waals surface area contributed by atoms with E-state index >= 15 is 0 Å². The van der Waals surface area contributed by atoms with Crippen molar-refractivity contribution in [2.75, 3.05) is 40.4 Å². The predicted molar refractivity (Wildman–Crippen MR) is 138 cm³/mol. The third kappa shape index (κ3) is 6.18. The van der Waals surface area contributed by atoms with Gasteiger partial charge in [-0.2, -0.15) is 0 Å². The molecular weight excluding hydrogens is 460 g/mol. The summed E-state index contributed by atoms with van der Waals surface area (Å²) in [5, 5.41) is 21.4. The Hall–Kier alpha value is -3.52. The van der Waals surface area contributed by atoms with E-state index < -0.39 is 17.7 Å². The number of aliphatic hydroxyl groups is 1. The van der Waals surface area contributed by atoms with Crippen molar-refractivity contribution in [2.45, 2.75) is 33.2 Å². The Kier molecular flexibility index (Phi) is 8.98. The summed E-state index contributed by atoms with van der Waals surface area (Å²) in [5.74, 6) is -0.427. The predicted octanol–water partition coefficient (Wildman–Crippen LogP) is 4.20. The first-order valence-corrected chi connectivity index (χ1v) is 12.3. The number of carbonyl (C=O) groups excluding carboxylic acids is 2. The molecule has 1 aliphatic heterocycles. The van der Waals surface area contributed by atoms with Crippen molar-refractivity contribution in [3.63, 3.8) is 0 Å². The van der Waals surface area contributed by atoms with Gasteiger partial charge in [0.05, 0.1) is 24.8 Å². The van der Waals surface area contributed by atoms with Crippen LogP contribution in [-0.4, -0.2) is 72.1 Å². The Morgan fingerprint density at radius 3 is 2.39 bits per heavy atom. The molecule has 0 bridgehead atoms. The number of amides is 1. The number of phenolic OH excluding ortho intramolecular Hbond substituents is 1. The normalized spacial score (nSPS) is 17.3. The first kappa shape index (κ1) is 27.1. The largest absolute Gasteiger partial charge is 0.507 e. The zero-order valence-corrected chi connectivity index (χ0v) is 21.7. The van der Waals surface area contributed by atoms with E-state index in [1.165, 1.54) is 11.0 Å². The lowest BCUT2D eigenvalue weighted by atomic mass is 9.95. The van der Waals surface area contributed by atoms with Crippen LogP contribution in [0.4, 0.5) is 0 Å². The number of phenols is 1. The fourth-order valence-electron chi connectivity index (χ4n) is 4.11. The van der Waals surface area contributed by atoms with Crippen LogP contribution in [0.25, 0.3) is 5.76 Å². The molecule has 0 spiro atoms. The number of benzene rings is 2. The molecule has 2 aromatic rings. The SMILES string of the molecule is CCOc1cc(C2/C(=C(\O)c3ccc(OCC(C)C)cc3)C(=O)C(=O)N2CCCN(C)C)ccc1O. The van der Waals surface area contributed by atoms with Crippen molar-refractivity contribution in [3.05, 3.63) is 59.2 Å². The summed E-state index contributed by atoms with van der Waals surface area (Å²) in [6.45, 7) is 7.87. The molecule has 36 heavy (non-hydrogen) atoms. The molecule has 1 heterocycles. The number of ether oxygens (including phenoxy) is 2. The van der Waals surface area contributed by atoms with Crippen molar-refractivity contribution in [3.8, 4) is 17.2 Å². The van der Waals surface area contributed by atoms with E-state index in [1.807, 2.05) is 19.0 Å². The number of hydrogen-bond acceptors (Lipinski definition) is 7. The van der Waals surface area contributed by atoms with E-state index in [0.29, 0.717) is 49.0 Å². The van der Waals surface area contributed by atoms with Gasteiger partial charge in [0.25, 0.3) is 11.7 Å². The lowest BCUT2D eigenvalue weighted by Gasteiger charge is -2.26. The fraction of sp³-hybridized carbons (Fsp3) is 0.429. The lowest BCUT2D eigenvalue weighted by Crippen LogP contribution is -2.32. The Labute approximate surface area is 212 Å². The second-order valence-corrected chi connectivity index (χ2v) is 9.54. The fourth-order valence-corrected chi connectivity index (χ4v) is 4.11. The van der Waals surface area contributed by atoms with Gasteiger partial charge < -0.3 is 29.5 Å². The molecule has 1 atom stereocenters. The minimum atomic E-state index is -0.816. The molecule has 0 saturated carbocycles. The number of aliphatic hydroxyl groups excluding tert-OH is 1. The average molecular weight is 497 g/mol. The molecule has 1 saturated heterocycles. The van der Waals surface area contributed by atoms with Crippen molar-refractivity contribution in [2.24, 2.45) is 5.92 Å². The highest BCUT2D eigenvalue weighted by Gasteiger charge is 2.46. The second-order valence-electron chi connectivity index (χ2n) is 9.54. The topological polar surface area (TPSA) is 99.5 Å². The van der Waals surface area contributed by atoms with Gasteiger partial charge in [-0.3, -0.25) is 9.59 Å². The summed E-state index contributed by atoms with van der Waals surface area (Å²) in [6.07, 6.45) is 0.648. The van der Waals surface area contributed by atoms with Crippen molar-refractivity contribution >= 4 is 17.4 Å². The van der Waals surface area contributed by atoms with E-state index in [0.717, 1.165) is 6.54 Å². The number of likely N-dealkylation sites (tertiary alicyclic amines) is 1. The Bertz CT molecular complexity index is 1110.